The second kappa shape index (κ2) is 7.51. The molecule has 2 aliphatic rings. The average Bonchev–Trinajstić information content (AvgIpc) is 2.93. The van der Waals surface area contributed by atoms with Crippen molar-refractivity contribution in [3.63, 3.8) is 0 Å². The van der Waals surface area contributed by atoms with E-state index >= 15 is 0 Å². The molecule has 6 heteroatoms. The van der Waals surface area contributed by atoms with E-state index in [4.69, 9.17) is 0 Å². The second-order valence-electron chi connectivity index (χ2n) is 6.29. The first-order chi connectivity index (χ1) is 10.8. The monoisotopic (exact) mass is 322 g/mol. The minimum atomic E-state index is 0.100. The summed E-state index contributed by atoms with van der Waals surface area (Å²) in [5.74, 6) is 0.100. The molecule has 2 atom stereocenters. The highest BCUT2D eigenvalue weighted by molar-refractivity contribution is 7.99. The van der Waals surface area contributed by atoms with E-state index < -0.39 is 0 Å². The number of aromatic nitrogens is 2. The van der Waals surface area contributed by atoms with Gasteiger partial charge in [0.1, 0.15) is 5.69 Å². The Labute approximate surface area is 136 Å². The van der Waals surface area contributed by atoms with Gasteiger partial charge in [0.2, 0.25) is 0 Å². The number of hydrogen-bond donors (Lipinski definition) is 1. The van der Waals surface area contributed by atoms with Crippen molar-refractivity contribution in [1.82, 2.24) is 20.0 Å². The number of carbonyl (C=O) groups is 1. The summed E-state index contributed by atoms with van der Waals surface area (Å²) in [5, 5.41) is 8.53. The molecular formula is C16H26N4OS. The molecule has 1 N–H and O–H groups in total. The van der Waals surface area contributed by atoms with E-state index in [1.54, 1.807) is 0 Å². The number of piperidine rings is 1. The van der Waals surface area contributed by atoms with Gasteiger partial charge in [-0.25, -0.2) is 0 Å². The van der Waals surface area contributed by atoms with Gasteiger partial charge in [-0.1, -0.05) is 6.42 Å². The lowest BCUT2D eigenvalue weighted by Crippen LogP contribution is -2.36. The first-order valence-electron chi connectivity index (χ1n) is 8.36. The summed E-state index contributed by atoms with van der Waals surface area (Å²) in [5.41, 5.74) is 0.604. The first-order valence-corrected chi connectivity index (χ1v) is 9.64. The van der Waals surface area contributed by atoms with Crippen molar-refractivity contribution in [2.45, 2.75) is 43.4 Å². The molecule has 1 aromatic heterocycles. The summed E-state index contributed by atoms with van der Waals surface area (Å²) in [6, 6.07) is 2.27. The number of nitrogens with zero attached hydrogens (tertiary/aromatic N) is 3. The van der Waals surface area contributed by atoms with Gasteiger partial charge in [-0.05, 0) is 44.6 Å². The Balaban J connectivity index is 1.67. The summed E-state index contributed by atoms with van der Waals surface area (Å²) in [6.45, 7) is 3.77. The Morgan fingerprint density at radius 2 is 2.27 bits per heavy atom. The minimum Gasteiger partial charge on any atom is -0.336 e. The molecule has 0 bridgehead atoms. The van der Waals surface area contributed by atoms with E-state index in [0.29, 0.717) is 17.0 Å². The number of nitrogens with one attached hydrogen (secondary N) is 1. The fraction of sp³-hybridized carbons (Fsp3) is 0.750. The van der Waals surface area contributed by atoms with Crippen LogP contribution >= 0.6 is 11.8 Å². The van der Waals surface area contributed by atoms with Crippen LogP contribution in [0, 0.1) is 0 Å². The van der Waals surface area contributed by atoms with Gasteiger partial charge in [-0.2, -0.15) is 16.9 Å². The summed E-state index contributed by atoms with van der Waals surface area (Å²) < 4.78 is 1.98. The van der Waals surface area contributed by atoms with Crippen LogP contribution in [0.25, 0.3) is 0 Å². The molecule has 2 unspecified atom stereocenters. The van der Waals surface area contributed by atoms with Crippen LogP contribution < -0.4 is 5.32 Å². The number of hydrogen-bond acceptors (Lipinski definition) is 4. The van der Waals surface area contributed by atoms with Crippen molar-refractivity contribution in [2.75, 3.05) is 32.4 Å². The molecule has 0 radical (unpaired) electrons. The molecule has 122 valence electrons. The number of thioether (sulfide) groups is 1. The van der Waals surface area contributed by atoms with Gasteiger partial charge in [0, 0.05) is 31.1 Å². The predicted molar refractivity (Wildman–Crippen MR) is 90.4 cm³/mol. The van der Waals surface area contributed by atoms with Crippen molar-refractivity contribution < 1.29 is 4.79 Å². The number of carbonyl (C=O) groups excluding carboxylic acids is 1. The minimum absolute atomic E-state index is 0.100. The van der Waals surface area contributed by atoms with E-state index in [2.05, 4.69) is 16.7 Å². The molecule has 3 heterocycles. The quantitative estimate of drug-likeness (QED) is 0.926. The van der Waals surface area contributed by atoms with Gasteiger partial charge in [-0.3, -0.25) is 9.48 Å². The van der Waals surface area contributed by atoms with E-state index in [1.165, 1.54) is 19.3 Å². The highest BCUT2D eigenvalue weighted by Crippen LogP contribution is 2.22. The Morgan fingerprint density at radius 3 is 3.05 bits per heavy atom. The van der Waals surface area contributed by atoms with Crippen LogP contribution in [0.1, 0.15) is 48.6 Å². The Bertz CT molecular complexity index is 498. The van der Waals surface area contributed by atoms with Crippen molar-refractivity contribution in [1.29, 1.82) is 0 Å². The van der Waals surface area contributed by atoms with E-state index in [1.807, 2.05) is 33.6 Å². The Hall–Kier alpha value is -1.01. The van der Waals surface area contributed by atoms with Crippen LogP contribution in [-0.4, -0.2) is 58.3 Å². The standard InChI is InChI=1S/C16H26N4OS/c1-22-14-6-2-3-9-19(12-14)16(21)15-7-10-20(18-15)13-5-4-8-17-11-13/h7,10,13-14,17H,2-6,8-9,11-12H2,1H3. The average molecular weight is 322 g/mol. The maximum atomic E-state index is 12.7. The fourth-order valence-electron chi connectivity index (χ4n) is 3.36. The normalized spacial score (nSPS) is 26.7. The second-order valence-corrected chi connectivity index (χ2v) is 7.42. The van der Waals surface area contributed by atoms with Gasteiger partial charge in [0.15, 0.2) is 0 Å². The third-order valence-corrected chi connectivity index (χ3v) is 5.77. The molecule has 5 nitrogen and oxygen atoms in total. The smallest absolute Gasteiger partial charge is 0.274 e. The lowest BCUT2D eigenvalue weighted by atomic mass is 10.1. The molecule has 1 aromatic rings. The maximum absolute atomic E-state index is 12.7. The SMILES string of the molecule is CSC1CCCCN(C(=O)c2ccn(C3CCCNC3)n2)C1. The van der Waals surface area contributed by atoms with Crippen molar-refractivity contribution in [3.8, 4) is 0 Å². The third kappa shape index (κ3) is 3.66. The summed E-state index contributed by atoms with van der Waals surface area (Å²) >= 11 is 1.88. The molecule has 22 heavy (non-hydrogen) atoms. The van der Waals surface area contributed by atoms with Crippen molar-refractivity contribution in [2.24, 2.45) is 0 Å². The lowest BCUT2D eigenvalue weighted by Gasteiger charge is -2.24. The van der Waals surface area contributed by atoms with Crippen LogP contribution in [-0.2, 0) is 0 Å². The van der Waals surface area contributed by atoms with E-state index in [-0.39, 0.29) is 5.91 Å². The fourth-order valence-corrected chi connectivity index (χ4v) is 4.09. The lowest BCUT2D eigenvalue weighted by molar-refractivity contribution is 0.0756. The van der Waals surface area contributed by atoms with Crippen molar-refractivity contribution in [3.05, 3.63) is 18.0 Å². The highest BCUT2D eigenvalue weighted by Gasteiger charge is 2.25. The zero-order chi connectivity index (χ0) is 15.4. The van der Waals surface area contributed by atoms with Gasteiger partial charge < -0.3 is 10.2 Å². The van der Waals surface area contributed by atoms with Crippen molar-refractivity contribution >= 4 is 17.7 Å². The third-order valence-electron chi connectivity index (χ3n) is 4.72. The number of amides is 1. The molecule has 0 aliphatic carbocycles. The van der Waals surface area contributed by atoms with Crippen LogP contribution in [0.5, 0.6) is 0 Å². The van der Waals surface area contributed by atoms with Crippen LogP contribution in [0.15, 0.2) is 12.3 Å². The summed E-state index contributed by atoms with van der Waals surface area (Å²) in [6.07, 6.45) is 9.97. The molecular weight excluding hydrogens is 296 g/mol. The number of rotatable bonds is 3. The summed E-state index contributed by atoms with van der Waals surface area (Å²) in [4.78, 5) is 14.7. The molecule has 0 spiro atoms. The molecule has 2 fully saturated rings. The first kappa shape index (κ1) is 15.9. The molecule has 2 saturated heterocycles. The molecule has 2 aliphatic heterocycles. The molecule has 0 saturated carbocycles. The molecule has 3 rings (SSSR count). The largest absolute Gasteiger partial charge is 0.336 e. The van der Waals surface area contributed by atoms with Gasteiger partial charge in [0.25, 0.3) is 5.91 Å². The van der Waals surface area contributed by atoms with Crippen LogP contribution in [0.3, 0.4) is 0 Å². The Morgan fingerprint density at radius 1 is 1.36 bits per heavy atom. The number of likely N-dealkylation sites (tertiary alicyclic amines) is 1. The zero-order valence-electron chi connectivity index (χ0n) is 13.3. The predicted octanol–water partition coefficient (Wildman–Crippen LogP) is 2.17. The van der Waals surface area contributed by atoms with Gasteiger partial charge in [0.05, 0.1) is 6.04 Å². The molecule has 0 aromatic carbocycles. The van der Waals surface area contributed by atoms with Gasteiger partial charge >= 0.3 is 0 Å². The maximum Gasteiger partial charge on any atom is 0.274 e. The molecule has 1 amide bonds. The summed E-state index contributed by atoms with van der Waals surface area (Å²) in [7, 11) is 0. The van der Waals surface area contributed by atoms with Crippen LogP contribution in [0.4, 0.5) is 0 Å². The van der Waals surface area contributed by atoms with Crippen LogP contribution in [0.2, 0.25) is 0 Å². The Kier molecular flexibility index (Phi) is 5.41. The van der Waals surface area contributed by atoms with E-state index in [9.17, 15) is 4.79 Å². The highest BCUT2D eigenvalue weighted by atomic mass is 32.2. The van der Waals surface area contributed by atoms with Gasteiger partial charge in [-0.15, -0.1) is 0 Å². The zero-order valence-corrected chi connectivity index (χ0v) is 14.1. The topological polar surface area (TPSA) is 50.2 Å². The van der Waals surface area contributed by atoms with E-state index in [0.717, 1.165) is 39.0 Å².